The zero-order valence-electron chi connectivity index (χ0n) is 25.3. The second-order valence-electron chi connectivity index (χ2n) is 9.56. The van der Waals surface area contributed by atoms with Crippen molar-refractivity contribution in [2.24, 2.45) is 5.73 Å². The Bertz CT molecular complexity index is 1780. The van der Waals surface area contributed by atoms with Crippen molar-refractivity contribution in [3.05, 3.63) is 113 Å². The van der Waals surface area contributed by atoms with E-state index in [1.807, 2.05) is 0 Å². The van der Waals surface area contributed by atoms with Crippen LogP contribution in [0.5, 0.6) is 17.2 Å². The molecule has 0 bridgehead atoms. The van der Waals surface area contributed by atoms with Crippen molar-refractivity contribution in [3.8, 4) is 17.2 Å². The molecule has 0 heterocycles. The van der Waals surface area contributed by atoms with E-state index in [-0.39, 0.29) is 22.9 Å². The first-order chi connectivity index (χ1) is 22.2. The Labute approximate surface area is 270 Å². The zero-order chi connectivity index (χ0) is 33.1. The number of amides is 4. The average molecular weight is 641 g/mol. The third kappa shape index (κ3) is 8.67. The molecule has 0 atom stereocenters. The average Bonchev–Trinajstić information content (AvgIpc) is 3.07. The third-order valence-corrected chi connectivity index (χ3v) is 7.49. The Morgan fingerprint density at radius 3 is 2.13 bits per heavy atom. The Hall–Kier alpha value is -5.75. The van der Waals surface area contributed by atoms with Crippen LogP contribution in [0.1, 0.15) is 26.3 Å². The minimum Gasteiger partial charge on any atom is -0.496 e. The number of carbonyl (C=O) groups is 4. The number of nitrogens with two attached hydrogens (primary N) is 1. The molecule has 0 aromatic heterocycles. The summed E-state index contributed by atoms with van der Waals surface area (Å²) in [6.07, 6.45) is 1.48. The van der Waals surface area contributed by atoms with Crippen molar-refractivity contribution in [2.75, 3.05) is 37.7 Å². The molecule has 4 rings (SSSR count). The van der Waals surface area contributed by atoms with E-state index in [0.29, 0.717) is 44.6 Å². The Morgan fingerprint density at radius 2 is 1.43 bits per heavy atom. The van der Waals surface area contributed by atoms with Gasteiger partial charge in [0.05, 0.1) is 38.3 Å². The van der Waals surface area contributed by atoms with Gasteiger partial charge in [0.2, 0.25) is 5.91 Å². The fourth-order valence-electron chi connectivity index (χ4n) is 4.27. The lowest BCUT2D eigenvalue weighted by Crippen LogP contribution is -2.30. The van der Waals surface area contributed by atoms with Crippen LogP contribution in [0.15, 0.2) is 102 Å². The van der Waals surface area contributed by atoms with Crippen LogP contribution >= 0.6 is 11.8 Å². The predicted molar refractivity (Wildman–Crippen MR) is 177 cm³/mol. The summed E-state index contributed by atoms with van der Waals surface area (Å²) in [7, 11) is 4.45. The third-order valence-electron chi connectivity index (χ3n) is 6.49. The highest BCUT2D eigenvalue weighted by atomic mass is 32.2. The topological polar surface area (TPSA) is 158 Å². The number of hydrogen-bond donors (Lipinski definition) is 4. The summed E-state index contributed by atoms with van der Waals surface area (Å²) in [6, 6.07) is 25.1. The highest BCUT2D eigenvalue weighted by Crippen LogP contribution is 2.35. The van der Waals surface area contributed by atoms with Crippen LogP contribution in [0.25, 0.3) is 6.08 Å². The van der Waals surface area contributed by atoms with Crippen LogP contribution in [0, 0.1) is 0 Å². The first-order valence-electron chi connectivity index (χ1n) is 13.8. The fraction of sp³-hybridized carbons (Fsp3) is 0.118. The molecular formula is C34H32N4O7S. The number of nitrogens with one attached hydrogen (secondary N) is 3. The fourth-order valence-corrected chi connectivity index (χ4v) is 5.02. The smallest absolute Gasteiger partial charge is 0.272 e. The molecule has 4 aromatic carbocycles. The summed E-state index contributed by atoms with van der Waals surface area (Å²) in [4.78, 5) is 51.7. The maximum atomic E-state index is 13.6. The molecule has 0 aliphatic carbocycles. The number of primary amides is 1. The molecular weight excluding hydrogens is 608 g/mol. The first kappa shape index (κ1) is 33.1. The van der Waals surface area contributed by atoms with Gasteiger partial charge in [-0.05, 0) is 54.6 Å². The van der Waals surface area contributed by atoms with Crippen molar-refractivity contribution >= 4 is 52.8 Å². The normalized spacial score (nSPS) is 10.8. The highest BCUT2D eigenvalue weighted by Gasteiger charge is 2.18. The molecule has 4 amide bonds. The molecule has 0 saturated carbocycles. The van der Waals surface area contributed by atoms with E-state index < -0.39 is 17.7 Å². The standard InChI is InChI=1S/C34H32N4O7S/c1-43-28-19-30(45-3)29(44-2)17-22(28)16-27(38-33(41)21-10-5-4-6-11-21)34(42)36-23-12-9-13-24(18-23)46-20-31(39)37-26-15-8-7-14-25(26)32(35)40/h4-19H,20H2,1-3H3,(H2,35,40)(H,36,42)(H,37,39)(H,38,41)/b27-16+. The summed E-state index contributed by atoms with van der Waals surface area (Å²) in [6.45, 7) is 0. The van der Waals surface area contributed by atoms with Gasteiger partial charge in [0.15, 0.2) is 11.5 Å². The molecule has 4 aromatic rings. The lowest BCUT2D eigenvalue weighted by molar-refractivity contribution is -0.114. The number of para-hydroxylation sites is 1. The summed E-state index contributed by atoms with van der Waals surface area (Å²) < 4.78 is 16.3. The number of thioether (sulfide) groups is 1. The van der Waals surface area contributed by atoms with Crippen LogP contribution in [-0.4, -0.2) is 50.7 Å². The number of rotatable bonds is 13. The lowest BCUT2D eigenvalue weighted by Gasteiger charge is -2.15. The first-order valence-corrected chi connectivity index (χ1v) is 14.8. The molecule has 11 nitrogen and oxygen atoms in total. The molecule has 0 aliphatic heterocycles. The summed E-state index contributed by atoms with van der Waals surface area (Å²) >= 11 is 1.23. The van der Waals surface area contributed by atoms with E-state index in [0.717, 1.165) is 0 Å². The van der Waals surface area contributed by atoms with Crippen LogP contribution < -0.4 is 35.9 Å². The number of carbonyl (C=O) groups excluding carboxylic acids is 4. The monoisotopic (exact) mass is 640 g/mol. The van der Waals surface area contributed by atoms with Gasteiger partial charge >= 0.3 is 0 Å². The van der Waals surface area contributed by atoms with Gasteiger partial charge in [-0.25, -0.2) is 0 Å². The minimum atomic E-state index is -0.648. The van der Waals surface area contributed by atoms with E-state index >= 15 is 0 Å². The number of hydrogen-bond acceptors (Lipinski definition) is 8. The quantitative estimate of drug-likeness (QED) is 0.118. The maximum Gasteiger partial charge on any atom is 0.272 e. The molecule has 46 heavy (non-hydrogen) atoms. The zero-order valence-corrected chi connectivity index (χ0v) is 26.1. The molecule has 0 saturated heterocycles. The SMILES string of the molecule is COc1cc(OC)c(OC)cc1/C=C(/NC(=O)c1ccccc1)C(=O)Nc1cccc(SCC(=O)Nc2ccccc2C(N)=O)c1. The Morgan fingerprint density at radius 1 is 0.761 bits per heavy atom. The van der Waals surface area contributed by atoms with Crippen LogP contribution in [0.4, 0.5) is 11.4 Å². The molecule has 0 aliphatic rings. The van der Waals surface area contributed by atoms with Gasteiger partial charge in [-0.2, -0.15) is 0 Å². The lowest BCUT2D eigenvalue weighted by atomic mass is 10.1. The second kappa shape index (κ2) is 15.8. The molecule has 0 unspecified atom stereocenters. The van der Waals surface area contributed by atoms with E-state index in [9.17, 15) is 19.2 Å². The number of methoxy groups -OCH3 is 3. The van der Waals surface area contributed by atoms with Gasteiger partial charge in [-0.1, -0.05) is 36.4 Å². The van der Waals surface area contributed by atoms with E-state index in [1.54, 1.807) is 84.9 Å². The molecule has 0 radical (unpaired) electrons. The maximum absolute atomic E-state index is 13.6. The largest absolute Gasteiger partial charge is 0.496 e. The van der Waals surface area contributed by atoms with Crippen LogP contribution in [-0.2, 0) is 9.59 Å². The van der Waals surface area contributed by atoms with E-state index in [2.05, 4.69) is 16.0 Å². The summed E-state index contributed by atoms with van der Waals surface area (Å²) in [5, 5.41) is 8.21. The van der Waals surface area contributed by atoms with Gasteiger partial charge in [0, 0.05) is 27.8 Å². The molecule has 12 heteroatoms. The summed E-state index contributed by atoms with van der Waals surface area (Å²) in [5.74, 6) is -0.852. The molecule has 5 N–H and O–H groups in total. The summed E-state index contributed by atoms with van der Waals surface area (Å²) in [5.41, 5.74) is 7.10. The van der Waals surface area contributed by atoms with Gasteiger partial charge in [0.25, 0.3) is 17.7 Å². The Kier molecular flexibility index (Phi) is 11.4. The Balaban J connectivity index is 1.55. The molecule has 236 valence electrons. The van der Waals surface area contributed by atoms with E-state index in [1.165, 1.54) is 45.2 Å². The second-order valence-corrected chi connectivity index (χ2v) is 10.6. The molecule has 0 spiro atoms. The predicted octanol–water partition coefficient (Wildman–Crippen LogP) is 4.95. The molecule has 0 fully saturated rings. The van der Waals surface area contributed by atoms with Gasteiger partial charge in [-0.15, -0.1) is 11.8 Å². The van der Waals surface area contributed by atoms with Gasteiger partial charge in [0.1, 0.15) is 11.4 Å². The number of ether oxygens (including phenoxy) is 3. The van der Waals surface area contributed by atoms with Crippen LogP contribution in [0.3, 0.4) is 0 Å². The van der Waals surface area contributed by atoms with Crippen molar-refractivity contribution in [2.45, 2.75) is 4.90 Å². The van der Waals surface area contributed by atoms with Crippen LogP contribution in [0.2, 0.25) is 0 Å². The van der Waals surface area contributed by atoms with E-state index in [4.69, 9.17) is 19.9 Å². The van der Waals surface area contributed by atoms with Crippen molar-refractivity contribution in [3.63, 3.8) is 0 Å². The minimum absolute atomic E-state index is 0.0296. The van der Waals surface area contributed by atoms with Crippen molar-refractivity contribution in [1.29, 1.82) is 0 Å². The van der Waals surface area contributed by atoms with Gasteiger partial charge in [-0.3, -0.25) is 19.2 Å². The number of anilines is 2. The highest BCUT2D eigenvalue weighted by molar-refractivity contribution is 8.00. The van der Waals surface area contributed by atoms with Gasteiger partial charge < -0.3 is 35.9 Å². The van der Waals surface area contributed by atoms with Crippen molar-refractivity contribution in [1.82, 2.24) is 5.32 Å². The van der Waals surface area contributed by atoms with Crippen molar-refractivity contribution < 1.29 is 33.4 Å². The number of benzene rings is 4.